The molecule has 2 nitrogen and oxygen atoms in total. The van der Waals surface area contributed by atoms with Crippen molar-refractivity contribution in [2.75, 3.05) is 19.6 Å². The molecule has 1 aliphatic rings. The van der Waals surface area contributed by atoms with Gasteiger partial charge >= 0.3 is 0 Å². The predicted molar refractivity (Wildman–Crippen MR) is 39.3 cm³/mol. The molecule has 1 saturated heterocycles. The third-order valence-corrected chi connectivity index (χ3v) is 2.05. The van der Waals surface area contributed by atoms with E-state index in [2.05, 4.69) is 11.8 Å². The minimum Gasteiger partial charge on any atom is -0.329 e. The summed E-state index contributed by atoms with van der Waals surface area (Å²) in [7, 11) is 0. The van der Waals surface area contributed by atoms with Crippen molar-refractivity contribution < 1.29 is 0 Å². The molecule has 0 bridgehead atoms. The number of nitrogens with two attached hydrogens (primary N) is 1. The fourth-order valence-corrected chi connectivity index (χ4v) is 1.34. The highest BCUT2D eigenvalue weighted by atomic mass is 15.2. The lowest BCUT2D eigenvalue weighted by Crippen LogP contribution is -2.51. The number of hydrogen-bond donors (Lipinski definition) is 1. The van der Waals surface area contributed by atoms with E-state index < -0.39 is 0 Å². The fraction of sp³-hybridized carbons (Fsp3) is 1.00. The summed E-state index contributed by atoms with van der Waals surface area (Å²) < 4.78 is 0. The van der Waals surface area contributed by atoms with Crippen LogP contribution >= 0.6 is 0 Å². The summed E-state index contributed by atoms with van der Waals surface area (Å²) in [6.07, 6.45) is 2.58. The number of nitrogens with zero attached hydrogens (tertiary/aromatic N) is 1. The third-order valence-electron chi connectivity index (χ3n) is 2.05. The summed E-state index contributed by atoms with van der Waals surface area (Å²) >= 11 is 0. The Hall–Kier alpha value is -0.0800. The van der Waals surface area contributed by atoms with Crippen LogP contribution in [-0.2, 0) is 0 Å². The van der Waals surface area contributed by atoms with Crippen LogP contribution in [-0.4, -0.2) is 30.6 Å². The minimum absolute atomic E-state index is 0.713. The molecule has 0 amide bonds. The van der Waals surface area contributed by atoms with E-state index >= 15 is 0 Å². The van der Waals surface area contributed by atoms with Gasteiger partial charge in [-0.15, -0.1) is 0 Å². The monoisotopic (exact) mass is 128 g/mol. The first-order chi connectivity index (χ1) is 4.38. The van der Waals surface area contributed by atoms with Gasteiger partial charge in [-0.25, -0.2) is 0 Å². The van der Waals surface area contributed by atoms with Crippen molar-refractivity contribution in [1.29, 1.82) is 0 Å². The molecule has 1 heterocycles. The first kappa shape index (κ1) is 7.03. The largest absolute Gasteiger partial charge is 0.329 e. The average Bonchev–Trinajstić information content (AvgIpc) is 1.82. The van der Waals surface area contributed by atoms with Gasteiger partial charge in [0.05, 0.1) is 0 Å². The zero-order chi connectivity index (χ0) is 6.69. The Morgan fingerprint density at radius 2 is 2.44 bits per heavy atom. The van der Waals surface area contributed by atoms with E-state index in [-0.39, 0.29) is 0 Å². The van der Waals surface area contributed by atoms with Crippen LogP contribution in [0.25, 0.3) is 0 Å². The van der Waals surface area contributed by atoms with Crippen molar-refractivity contribution in [3.63, 3.8) is 0 Å². The van der Waals surface area contributed by atoms with Gasteiger partial charge in [-0.2, -0.15) is 0 Å². The maximum atomic E-state index is 5.51. The summed E-state index contributed by atoms with van der Waals surface area (Å²) in [5.41, 5.74) is 5.51. The van der Waals surface area contributed by atoms with Gasteiger partial charge in [-0.3, -0.25) is 4.90 Å². The second kappa shape index (κ2) is 3.18. The van der Waals surface area contributed by atoms with Gasteiger partial charge in [0, 0.05) is 19.1 Å². The third kappa shape index (κ3) is 1.43. The molecule has 2 N–H and O–H groups in total. The van der Waals surface area contributed by atoms with Crippen LogP contribution in [0.4, 0.5) is 0 Å². The van der Waals surface area contributed by atoms with Gasteiger partial charge in [0.2, 0.25) is 0 Å². The molecule has 1 fully saturated rings. The molecule has 1 unspecified atom stereocenters. The number of hydrogen-bond acceptors (Lipinski definition) is 2. The highest BCUT2D eigenvalue weighted by Gasteiger charge is 2.24. The van der Waals surface area contributed by atoms with E-state index in [1.165, 1.54) is 25.9 Å². The van der Waals surface area contributed by atoms with Gasteiger partial charge < -0.3 is 5.73 Å². The second-order valence-electron chi connectivity index (χ2n) is 2.71. The SMILES string of the molecule is CCCN1CCC1CN. The molecule has 1 aliphatic heterocycles. The van der Waals surface area contributed by atoms with Crippen molar-refractivity contribution in [2.45, 2.75) is 25.8 Å². The molecule has 0 aromatic rings. The summed E-state index contributed by atoms with van der Waals surface area (Å²) in [4.78, 5) is 2.46. The molecule has 0 spiro atoms. The topological polar surface area (TPSA) is 29.3 Å². The first-order valence-electron chi connectivity index (χ1n) is 3.82. The fourth-order valence-electron chi connectivity index (χ4n) is 1.34. The molecule has 0 saturated carbocycles. The zero-order valence-corrected chi connectivity index (χ0v) is 6.14. The maximum Gasteiger partial charge on any atom is 0.0230 e. The van der Waals surface area contributed by atoms with Gasteiger partial charge in [-0.1, -0.05) is 6.92 Å². The molecular formula is C7H16N2. The van der Waals surface area contributed by atoms with Crippen LogP contribution in [0.15, 0.2) is 0 Å². The van der Waals surface area contributed by atoms with Gasteiger partial charge in [-0.05, 0) is 19.4 Å². The predicted octanol–water partition coefficient (Wildman–Crippen LogP) is 0.429. The Labute approximate surface area is 57.0 Å². The molecule has 0 radical (unpaired) electrons. The Morgan fingerprint density at radius 1 is 1.67 bits per heavy atom. The standard InChI is InChI=1S/C7H16N2/c1-2-4-9-5-3-7(9)6-8/h7H,2-6,8H2,1H3. The summed E-state index contributed by atoms with van der Waals surface area (Å²) in [5.74, 6) is 0. The molecular weight excluding hydrogens is 112 g/mol. The minimum atomic E-state index is 0.713. The van der Waals surface area contributed by atoms with Crippen LogP contribution in [0.2, 0.25) is 0 Å². The Morgan fingerprint density at radius 3 is 2.78 bits per heavy atom. The van der Waals surface area contributed by atoms with Gasteiger partial charge in [0.1, 0.15) is 0 Å². The Kier molecular flexibility index (Phi) is 2.49. The Balaban J connectivity index is 2.11. The average molecular weight is 128 g/mol. The van der Waals surface area contributed by atoms with Crippen molar-refractivity contribution in [2.24, 2.45) is 5.73 Å². The van der Waals surface area contributed by atoms with E-state index in [4.69, 9.17) is 5.73 Å². The lowest BCUT2D eigenvalue weighted by molar-refractivity contribution is 0.0972. The van der Waals surface area contributed by atoms with E-state index in [1.54, 1.807) is 0 Å². The van der Waals surface area contributed by atoms with Crippen molar-refractivity contribution in [3.05, 3.63) is 0 Å². The van der Waals surface area contributed by atoms with E-state index in [0.29, 0.717) is 6.04 Å². The lowest BCUT2D eigenvalue weighted by Gasteiger charge is -2.40. The van der Waals surface area contributed by atoms with Crippen LogP contribution in [0.3, 0.4) is 0 Å². The zero-order valence-electron chi connectivity index (χ0n) is 6.14. The summed E-state index contributed by atoms with van der Waals surface area (Å²) in [6.45, 7) is 5.57. The molecule has 1 atom stereocenters. The number of likely N-dealkylation sites (tertiary alicyclic amines) is 1. The summed E-state index contributed by atoms with van der Waals surface area (Å²) in [6, 6.07) is 0.713. The molecule has 0 aromatic heterocycles. The molecule has 54 valence electrons. The quantitative estimate of drug-likeness (QED) is 0.597. The van der Waals surface area contributed by atoms with Crippen LogP contribution < -0.4 is 5.73 Å². The maximum absolute atomic E-state index is 5.51. The highest BCUT2D eigenvalue weighted by Crippen LogP contribution is 2.15. The van der Waals surface area contributed by atoms with Crippen LogP contribution in [0.5, 0.6) is 0 Å². The van der Waals surface area contributed by atoms with Crippen LogP contribution in [0.1, 0.15) is 19.8 Å². The molecule has 9 heavy (non-hydrogen) atoms. The Bertz CT molecular complexity index is 81.0. The van der Waals surface area contributed by atoms with Crippen molar-refractivity contribution in [3.8, 4) is 0 Å². The molecule has 1 rings (SSSR count). The normalized spacial score (nSPS) is 28.0. The van der Waals surface area contributed by atoms with E-state index in [9.17, 15) is 0 Å². The van der Waals surface area contributed by atoms with E-state index in [0.717, 1.165) is 6.54 Å². The van der Waals surface area contributed by atoms with Crippen LogP contribution in [0, 0.1) is 0 Å². The summed E-state index contributed by atoms with van der Waals surface area (Å²) in [5, 5.41) is 0. The van der Waals surface area contributed by atoms with Gasteiger partial charge in [0.15, 0.2) is 0 Å². The molecule has 0 aliphatic carbocycles. The second-order valence-corrected chi connectivity index (χ2v) is 2.71. The lowest BCUT2D eigenvalue weighted by atomic mass is 10.0. The van der Waals surface area contributed by atoms with Crippen molar-refractivity contribution >= 4 is 0 Å². The van der Waals surface area contributed by atoms with E-state index in [1.807, 2.05) is 0 Å². The van der Waals surface area contributed by atoms with Gasteiger partial charge in [0.25, 0.3) is 0 Å². The molecule has 2 heteroatoms. The van der Waals surface area contributed by atoms with Crippen molar-refractivity contribution in [1.82, 2.24) is 4.90 Å². The molecule has 0 aromatic carbocycles. The smallest absolute Gasteiger partial charge is 0.0230 e. The number of rotatable bonds is 3. The first-order valence-corrected chi connectivity index (χ1v) is 3.82. The highest BCUT2D eigenvalue weighted by molar-refractivity contribution is 4.82.